The second kappa shape index (κ2) is 9.86. The van der Waals surface area contributed by atoms with Crippen LogP contribution in [-0.2, 0) is 6.42 Å². The van der Waals surface area contributed by atoms with Crippen molar-refractivity contribution in [3.63, 3.8) is 0 Å². The Bertz CT molecular complexity index is 1200. The summed E-state index contributed by atoms with van der Waals surface area (Å²) in [5.41, 5.74) is 8.82. The van der Waals surface area contributed by atoms with E-state index in [-0.39, 0.29) is 11.6 Å². The molecule has 0 atom stereocenters. The number of hydrogen-bond donors (Lipinski definition) is 2. The quantitative estimate of drug-likeness (QED) is 0.503. The van der Waals surface area contributed by atoms with Gasteiger partial charge in [-0.05, 0) is 62.2 Å². The molecule has 1 aliphatic rings. The van der Waals surface area contributed by atoms with E-state index in [0.717, 1.165) is 30.1 Å². The van der Waals surface area contributed by atoms with E-state index in [1.165, 1.54) is 4.68 Å². The van der Waals surface area contributed by atoms with Crippen molar-refractivity contribution in [2.24, 2.45) is 5.73 Å². The number of hydrogen-bond acceptors (Lipinski definition) is 6. The van der Waals surface area contributed by atoms with Crippen molar-refractivity contribution in [1.82, 2.24) is 9.78 Å². The van der Waals surface area contributed by atoms with Crippen molar-refractivity contribution in [2.75, 3.05) is 37.0 Å². The smallest absolute Gasteiger partial charge is 0.277 e. The first kappa shape index (κ1) is 23.2. The molecular weight excluding hydrogens is 434 g/mol. The normalized spacial score (nSPS) is 12.9. The van der Waals surface area contributed by atoms with Gasteiger partial charge in [-0.2, -0.15) is 5.10 Å². The zero-order valence-electron chi connectivity index (χ0n) is 19.6. The standard InChI is InChI=1S/C25H29N5O4/c1-4-14-34-21-11-8-17(15-20(21)27-5-2)29-13-12-19-22(24(26)31)28-30(23(19)25(29)32)16-6-9-18(33-3)10-7-16/h6-11,15,27H,4-5,12-14H2,1-3H3,(H2,26,31). The lowest BCUT2D eigenvalue weighted by atomic mass is 10.0. The fourth-order valence-electron chi connectivity index (χ4n) is 4.07. The Hall–Kier alpha value is -4.01. The van der Waals surface area contributed by atoms with Crippen LogP contribution in [0.4, 0.5) is 11.4 Å². The monoisotopic (exact) mass is 463 g/mol. The molecule has 0 aliphatic carbocycles. The SMILES string of the molecule is CCCOc1ccc(N2CCc3c(C(N)=O)nn(-c4ccc(OC)cc4)c3C2=O)cc1NCC. The summed E-state index contributed by atoms with van der Waals surface area (Å²) >= 11 is 0. The summed E-state index contributed by atoms with van der Waals surface area (Å²) in [6, 6.07) is 12.8. The third-order valence-corrected chi connectivity index (χ3v) is 5.67. The maximum Gasteiger partial charge on any atom is 0.277 e. The molecule has 9 nitrogen and oxygen atoms in total. The van der Waals surface area contributed by atoms with Gasteiger partial charge in [0.25, 0.3) is 11.8 Å². The number of carbonyl (C=O) groups excluding carboxylic acids is 2. The van der Waals surface area contributed by atoms with Gasteiger partial charge < -0.3 is 25.4 Å². The van der Waals surface area contributed by atoms with Crippen LogP contribution in [0.25, 0.3) is 5.69 Å². The summed E-state index contributed by atoms with van der Waals surface area (Å²) in [6.07, 6.45) is 1.36. The van der Waals surface area contributed by atoms with Gasteiger partial charge in [0.1, 0.15) is 17.2 Å². The second-order valence-electron chi connectivity index (χ2n) is 7.92. The van der Waals surface area contributed by atoms with Gasteiger partial charge in [0.15, 0.2) is 5.69 Å². The molecule has 3 N–H and O–H groups in total. The number of nitrogens with one attached hydrogen (secondary N) is 1. The predicted molar refractivity (Wildman–Crippen MR) is 130 cm³/mol. The number of nitrogens with two attached hydrogens (primary N) is 1. The molecule has 9 heteroatoms. The topological polar surface area (TPSA) is 112 Å². The van der Waals surface area contributed by atoms with Crippen molar-refractivity contribution in [1.29, 1.82) is 0 Å². The van der Waals surface area contributed by atoms with E-state index in [1.54, 1.807) is 36.3 Å². The molecule has 1 aromatic heterocycles. The zero-order chi connectivity index (χ0) is 24.2. The minimum Gasteiger partial charge on any atom is -0.497 e. The summed E-state index contributed by atoms with van der Waals surface area (Å²) in [4.78, 5) is 27.5. The molecule has 34 heavy (non-hydrogen) atoms. The van der Waals surface area contributed by atoms with Crippen LogP contribution in [0.1, 0.15) is 46.8 Å². The van der Waals surface area contributed by atoms with Gasteiger partial charge in [-0.15, -0.1) is 0 Å². The molecular formula is C25H29N5O4. The highest BCUT2D eigenvalue weighted by Crippen LogP contribution is 2.34. The van der Waals surface area contributed by atoms with Crippen LogP contribution in [0.3, 0.4) is 0 Å². The maximum absolute atomic E-state index is 13.7. The number of benzene rings is 2. The molecule has 178 valence electrons. The van der Waals surface area contributed by atoms with Crippen LogP contribution < -0.4 is 25.4 Å². The van der Waals surface area contributed by atoms with E-state index < -0.39 is 5.91 Å². The van der Waals surface area contributed by atoms with Gasteiger partial charge >= 0.3 is 0 Å². The molecule has 2 amide bonds. The summed E-state index contributed by atoms with van der Waals surface area (Å²) in [7, 11) is 1.58. The maximum atomic E-state index is 13.7. The second-order valence-corrected chi connectivity index (χ2v) is 7.92. The van der Waals surface area contributed by atoms with E-state index in [2.05, 4.69) is 17.3 Å². The number of carbonyl (C=O) groups is 2. The van der Waals surface area contributed by atoms with Gasteiger partial charge in [0.2, 0.25) is 0 Å². The number of primary amides is 1. The minimum absolute atomic E-state index is 0.121. The average Bonchev–Trinajstić information content (AvgIpc) is 3.25. The lowest BCUT2D eigenvalue weighted by Crippen LogP contribution is -2.39. The summed E-state index contributed by atoms with van der Waals surface area (Å²) in [5.74, 6) is 0.518. The Balaban J connectivity index is 1.75. The van der Waals surface area contributed by atoms with E-state index >= 15 is 0 Å². The zero-order valence-corrected chi connectivity index (χ0v) is 19.6. The summed E-state index contributed by atoms with van der Waals surface area (Å²) < 4.78 is 12.6. The lowest BCUT2D eigenvalue weighted by Gasteiger charge is -2.28. The van der Waals surface area contributed by atoms with Crippen molar-refractivity contribution >= 4 is 23.2 Å². The van der Waals surface area contributed by atoms with Crippen LogP contribution >= 0.6 is 0 Å². The van der Waals surface area contributed by atoms with Gasteiger partial charge in [0.05, 0.1) is 25.1 Å². The van der Waals surface area contributed by atoms with Crippen LogP contribution in [0.5, 0.6) is 11.5 Å². The van der Waals surface area contributed by atoms with Gasteiger partial charge in [-0.3, -0.25) is 9.59 Å². The molecule has 0 bridgehead atoms. The fourth-order valence-corrected chi connectivity index (χ4v) is 4.07. The highest BCUT2D eigenvalue weighted by molar-refractivity contribution is 6.09. The molecule has 0 spiro atoms. The third-order valence-electron chi connectivity index (χ3n) is 5.67. The first-order chi connectivity index (χ1) is 16.5. The number of fused-ring (bicyclic) bond motifs is 1. The third kappa shape index (κ3) is 4.28. The Morgan fingerprint density at radius 2 is 1.88 bits per heavy atom. The summed E-state index contributed by atoms with van der Waals surface area (Å²) in [5, 5.41) is 7.72. The van der Waals surface area contributed by atoms with Crippen LogP contribution in [-0.4, -0.2) is 48.4 Å². The van der Waals surface area contributed by atoms with Gasteiger partial charge in [0, 0.05) is 24.3 Å². The molecule has 0 saturated heterocycles. The van der Waals surface area contributed by atoms with Crippen LogP contribution in [0.15, 0.2) is 42.5 Å². The highest BCUT2D eigenvalue weighted by atomic mass is 16.5. The first-order valence-corrected chi connectivity index (χ1v) is 11.4. The molecule has 0 fully saturated rings. The summed E-state index contributed by atoms with van der Waals surface area (Å²) in [6.45, 7) is 5.79. The fraction of sp³-hybridized carbons (Fsp3) is 0.320. The van der Waals surface area contributed by atoms with E-state index in [1.807, 2.05) is 25.1 Å². The van der Waals surface area contributed by atoms with Crippen molar-refractivity contribution in [2.45, 2.75) is 26.7 Å². The first-order valence-electron chi connectivity index (χ1n) is 11.4. The van der Waals surface area contributed by atoms with Crippen molar-refractivity contribution in [3.8, 4) is 17.2 Å². The Morgan fingerprint density at radius 3 is 2.53 bits per heavy atom. The van der Waals surface area contributed by atoms with Gasteiger partial charge in [-0.1, -0.05) is 6.92 Å². The van der Waals surface area contributed by atoms with E-state index in [9.17, 15) is 9.59 Å². The molecule has 0 radical (unpaired) electrons. The average molecular weight is 464 g/mol. The number of aromatic nitrogens is 2. The number of anilines is 2. The number of rotatable bonds is 9. The van der Waals surface area contributed by atoms with Crippen molar-refractivity contribution < 1.29 is 19.1 Å². The van der Waals surface area contributed by atoms with Crippen LogP contribution in [0.2, 0.25) is 0 Å². The van der Waals surface area contributed by atoms with Gasteiger partial charge in [-0.25, -0.2) is 4.68 Å². The molecule has 1 aliphatic heterocycles. The number of amides is 2. The molecule has 0 unspecified atom stereocenters. The van der Waals surface area contributed by atoms with E-state index in [4.69, 9.17) is 15.2 Å². The van der Waals surface area contributed by atoms with E-state index in [0.29, 0.717) is 42.3 Å². The Morgan fingerprint density at radius 1 is 1.15 bits per heavy atom. The minimum atomic E-state index is -0.656. The molecule has 4 rings (SSSR count). The van der Waals surface area contributed by atoms with Crippen molar-refractivity contribution in [3.05, 3.63) is 59.4 Å². The molecule has 0 saturated carbocycles. The Kier molecular flexibility index (Phi) is 6.72. The highest BCUT2D eigenvalue weighted by Gasteiger charge is 2.34. The van der Waals surface area contributed by atoms with Crippen LogP contribution in [0, 0.1) is 0 Å². The number of methoxy groups -OCH3 is 1. The largest absolute Gasteiger partial charge is 0.497 e. The lowest BCUT2D eigenvalue weighted by molar-refractivity contribution is 0.0972. The number of nitrogens with zero attached hydrogens (tertiary/aromatic N) is 3. The molecule has 2 heterocycles. The number of ether oxygens (including phenoxy) is 2. The predicted octanol–water partition coefficient (Wildman–Crippen LogP) is 3.40. The molecule has 3 aromatic rings. The Labute approximate surface area is 198 Å². The molecule has 2 aromatic carbocycles.